The molecule has 1 heterocycles. The summed E-state index contributed by atoms with van der Waals surface area (Å²) in [6.45, 7) is 7.17. The van der Waals surface area contributed by atoms with Crippen LogP contribution in [-0.4, -0.2) is 47.8 Å². The smallest absolute Gasteiger partial charge is 0.321 e. The fourth-order valence-corrected chi connectivity index (χ4v) is 2.17. The maximum Gasteiger partial charge on any atom is 0.321 e. The zero-order chi connectivity index (χ0) is 13.9. The minimum atomic E-state index is -0.658. The average molecular weight is 267 g/mol. The largest absolute Gasteiger partial charge is 0.468 e. The minimum absolute atomic E-state index is 0.272. The Bertz CT molecular complexity index is 436. The van der Waals surface area contributed by atoms with E-state index in [0.29, 0.717) is 11.7 Å². The number of esters is 1. The number of ether oxygens (including phenoxy) is 1. The molecule has 19 heavy (non-hydrogen) atoms. The number of rotatable bonds is 7. The van der Waals surface area contributed by atoms with Gasteiger partial charge in [0.15, 0.2) is 5.82 Å². The molecule has 1 saturated carbocycles. The van der Waals surface area contributed by atoms with E-state index in [1.165, 1.54) is 7.11 Å². The van der Waals surface area contributed by atoms with Crippen molar-refractivity contribution in [1.82, 2.24) is 15.0 Å². The van der Waals surface area contributed by atoms with Crippen molar-refractivity contribution < 1.29 is 14.1 Å². The highest BCUT2D eigenvalue weighted by molar-refractivity contribution is 5.85. The van der Waals surface area contributed by atoms with E-state index in [1.54, 1.807) is 0 Å². The Hall–Kier alpha value is -1.43. The molecule has 0 saturated heterocycles. The van der Waals surface area contributed by atoms with Gasteiger partial charge >= 0.3 is 5.97 Å². The first-order valence-electron chi connectivity index (χ1n) is 6.80. The van der Waals surface area contributed by atoms with E-state index in [0.717, 1.165) is 38.9 Å². The van der Waals surface area contributed by atoms with Crippen LogP contribution in [0.15, 0.2) is 4.52 Å². The molecule has 1 aliphatic carbocycles. The summed E-state index contributed by atoms with van der Waals surface area (Å²) >= 11 is 0. The van der Waals surface area contributed by atoms with Crippen LogP contribution < -0.4 is 0 Å². The number of carbonyl (C=O) groups is 1. The third-order valence-electron chi connectivity index (χ3n) is 3.75. The maximum absolute atomic E-state index is 11.7. The van der Waals surface area contributed by atoms with Gasteiger partial charge in [0.05, 0.1) is 7.11 Å². The van der Waals surface area contributed by atoms with Gasteiger partial charge in [0.25, 0.3) is 0 Å². The first-order valence-corrected chi connectivity index (χ1v) is 6.80. The van der Waals surface area contributed by atoms with Gasteiger partial charge in [0.2, 0.25) is 5.89 Å². The van der Waals surface area contributed by atoms with Crippen LogP contribution in [0.3, 0.4) is 0 Å². The molecule has 6 heteroatoms. The number of likely N-dealkylation sites (N-methyl/N-ethyl adjacent to an activating group) is 1. The Morgan fingerprint density at radius 1 is 1.42 bits per heavy atom. The molecule has 0 aromatic carbocycles. The molecule has 0 radical (unpaired) electrons. The zero-order valence-electron chi connectivity index (χ0n) is 11.8. The first-order chi connectivity index (χ1) is 9.16. The van der Waals surface area contributed by atoms with Crippen molar-refractivity contribution in [2.45, 2.75) is 38.5 Å². The molecule has 1 aromatic rings. The first kappa shape index (κ1) is 14.0. The molecule has 6 nitrogen and oxygen atoms in total. The number of aromatic nitrogens is 2. The third-order valence-corrected chi connectivity index (χ3v) is 3.75. The predicted molar refractivity (Wildman–Crippen MR) is 68.7 cm³/mol. The Balaban J connectivity index is 1.98. The normalized spacial score (nSPS) is 16.6. The fraction of sp³-hybridized carbons (Fsp3) is 0.769. The van der Waals surface area contributed by atoms with Gasteiger partial charge in [-0.15, -0.1) is 0 Å². The molecule has 0 bridgehead atoms. The summed E-state index contributed by atoms with van der Waals surface area (Å²) in [6, 6.07) is 0. The molecule has 0 spiro atoms. The summed E-state index contributed by atoms with van der Waals surface area (Å²) in [5.41, 5.74) is -0.658. The summed E-state index contributed by atoms with van der Waals surface area (Å²) in [7, 11) is 1.39. The van der Waals surface area contributed by atoms with Crippen molar-refractivity contribution in [3.8, 4) is 0 Å². The van der Waals surface area contributed by atoms with Crippen LogP contribution in [0.5, 0.6) is 0 Å². The molecular weight excluding hydrogens is 246 g/mol. The van der Waals surface area contributed by atoms with Crippen LogP contribution in [0.4, 0.5) is 0 Å². The molecule has 106 valence electrons. The fourth-order valence-electron chi connectivity index (χ4n) is 2.17. The number of methoxy groups -OCH3 is 1. The van der Waals surface area contributed by atoms with Crippen molar-refractivity contribution in [2.24, 2.45) is 0 Å². The highest BCUT2D eigenvalue weighted by Gasteiger charge is 2.57. The lowest BCUT2D eigenvalue weighted by atomic mass is 10.1. The Labute approximate surface area is 113 Å². The molecule has 0 aliphatic heterocycles. The molecule has 2 rings (SSSR count). The van der Waals surface area contributed by atoms with Crippen LogP contribution in [0.25, 0.3) is 0 Å². The predicted octanol–water partition coefficient (Wildman–Crippen LogP) is 1.16. The van der Waals surface area contributed by atoms with Crippen LogP contribution in [0.2, 0.25) is 0 Å². The second-order valence-electron chi connectivity index (χ2n) is 4.87. The van der Waals surface area contributed by atoms with Gasteiger partial charge in [-0.25, -0.2) is 0 Å². The third kappa shape index (κ3) is 2.78. The van der Waals surface area contributed by atoms with E-state index >= 15 is 0 Å². The molecule has 1 aromatic heterocycles. The molecule has 1 aliphatic rings. The van der Waals surface area contributed by atoms with E-state index in [1.807, 2.05) is 0 Å². The molecule has 0 unspecified atom stereocenters. The van der Waals surface area contributed by atoms with Gasteiger partial charge in [0, 0.05) is 13.0 Å². The Morgan fingerprint density at radius 3 is 2.63 bits per heavy atom. The van der Waals surface area contributed by atoms with Crippen molar-refractivity contribution in [1.29, 1.82) is 0 Å². The van der Waals surface area contributed by atoms with E-state index < -0.39 is 5.41 Å². The minimum Gasteiger partial charge on any atom is -0.468 e. The molecular formula is C13H21N3O3. The molecule has 1 fully saturated rings. The van der Waals surface area contributed by atoms with Gasteiger partial charge in [-0.3, -0.25) is 4.79 Å². The molecule has 0 amide bonds. The van der Waals surface area contributed by atoms with Crippen LogP contribution in [0, 0.1) is 0 Å². The van der Waals surface area contributed by atoms with Gasteiger partial charge in [-0.1, -0.05) is 19.0 Å². The monoisotopic (exact) mass is 267 g/mol. The maximum atomic E-state index is 11.7. The van der Waals surface area contributed by atoms with Crippen molar-refractivity contribution >= 4 is 5.97 Å². The lowest BCUT2D eigenvalue weighted by molar-refractivity contribution is -0.144. The number of nitrogens with zero attached hydrogens (tertiary/aromatic N) is 3. The van der Waals surface area contributed by atoms with Crippen LogP contribution >= 0.6 is 0 Å². The lowest BCUT2D eigenvalue weighted by Crippen LogP contribution is -2.25. The van der Waals surface area contributed by atoms with Crippen molar-refractivity contribution in [2.75, 3.05) is 26.7 Å². The second-order valence-corrected chi connectivity index (χ2v) is 4.87. The standard InChI is InChI=1S/C13H21N3O3/c1-4-16(5-2)9-6-10-14-11(19-15-10)13(7-8-13)12(17)18-3/h4-9H2,1-3H3. The Morgan fingerprint density at radius 2 is 2.11 bits per heavy atom. The zero-order valence-corrected chi connectivity index (χ0v) is 11.8. The van der Waals surface area contributed by atoms with E-state index in [9.17, 15) is 4.79 Å². The van der Waals surface area contributed by atoms with Gasteiger partial charge in [-0.05, 0) is 25.9 Å². The second kappa shape index (κ2) is 5.69. The summed E-state index contributed by atoms with van der Waals surface area (Å²) in [5, 5.41) is 3.96. The highest BCUT2D eigenvalue weighted by atomic mass is 16.5. The van der Waals surface area contributed by atoms with Crippen molar-refractivity contribution in [3.63, 3.8) is 0 Å². The van der Waals surface area contributed by atoms with E-state index in [-0.39, 0.29) is 5.97 Å². The summed E-state index contributed by atoms with van der Waals surface area (Å²) in [5.74, 6) is 0.803. The van der Waals surface area contributed by atoms with E-state index in [2.05, 4.69) is 28.9 Å². The lowest BCUT2D eigenvalue weighted by Gasteiger charge is -2.16. The summed E-state index contributed by atoms with van der Waals surface area (Å²) in [6.07, 6.45) is 2.21. The summed E-state index contributed by atoms with van der Waals surface area (Å²) < 4.78 is 10.0. The summed E-state index contributed by atoms with van der Waals surface area (Å²) in [4.78, 5) is 18.3. The van der Waals surface area contributed by atoms with Crippen LogP contribution in [0.1, 0.15) is 38.4 Å². The SMILES string of the molecule is CCN(CC)CCc1noc(C2(C(=O)OC)CC2)n1. The number of carbonyl (C=O) groups excluding carboxylic acids is 1. The average Bonchev–Trinajstić information content (AvgIpc) is 3.12. The number of hydrogen-bond acceptors (Lipinski definition) is 6. The van der Waals surface area contributed by atoms with Gasteiger partial charge in [-0.2, -0.15) is 4.98 Å². The molecule has 0 atom stereocenters. The number of hydrogen-bond donors (Lipinski definition) is 0. The Kier molecular flexibility index (Phi) is 4.19. The highest BCUT2D eigenvalue weighted by Crippen LogP contribution is 2.48. The van der Waals surface area contributed by atoms with Gasteiger partial charge < -0.3 is 14.2 Å². The van der Waals surface area contributed by atoms with Gasteiger partial charge in [0.1, 0.15) is 5.41 Å². The quantitative estimate of drug-likeness (QED) is 0.690. The van der Waals surface area contributed by atoms with E-state index in [4.69, 9.17) is 9.26 Å². The van der Waals surface area contributed by atoms with Crippen LogP contribution in [-0.2, 0) is 21.4 Å². The topological polar surface area (TPSA) is 68.5 Å². The van der Waals surface area contributed by atoms with Crippen molar-refractivity contribution in [3.05, 3.63) is 11.7 Å². The molecule has 0 N–H and O–H groups in total.